The van der Waals surface area contributed by atoms with Gasteiger partial charge >= 0.3 is 0 Å². The van der Waals surface area contributed by atoms with Crippen LogP contribution in [0.15, 0.2) is 48.8 Å². The normalized spacial score (nSPS) is 9.07. The van der Waals surface area contributed by atoms with Crippen LogP contribution < -0.4 is 0 Å². The minimum Gasteiger partial charge on any atom is -0.357 e. The maximum absolute atomic E-state index is 2.12. The second-order valence-electron chi connectivity index (χ2n) is 3.50. The van der Waals surface area contributed by atoms with Crippen molar-refractivity contribution < 1.29 is 0 Å². The van der Waals surface area contributed by atoms with Crippen LogP contribution in [0.1, 0.15) is 11.1 Å². The van der Waals surface area contributed by atoms with Crippen molar-refractivity contribution in [3.8, 4) is 0 Å². The van der Waals surface area contributed by atoms with E-state index in [4.69, 9.17) is 0 Å². The number of rotatable bonds is 0. The summed E-state index contributed by atoms with van der Waals surface area (Å²) in [4.78, 5) is 0. The molecule has 2 rings (SSSR count). The lowest BCUT2D eigenvalue weighted by atomic mass is 10.2. The molecule has 0 spiro atoms. The summed E-state index contributed by atoms with van der Waals surface area (Å²) < 4.78 is 2.00. The van der Waals surface area contributed by atoms with Crippen LogP contribution in [0.2, 0.25) is 0 Å². The summed E-state index contributed by atoms with van der Waals surface area (Å²) in [5, 5.41) is 0. The zero-order chi connectivity index (χ0) is 10.4. The smallest absolute Gasteiger partial charge is 0.0106 e. The van der Waals surface area contributed by atoms with Gasteiger partial charge in [0.2, 0.25) is 0 Å². The van der Waals surface area contributed by atoms with Crippen LogP contribution in [0.5, 0.6) is 0 Å². The lowest BCUT2D eigenvalue weighted by Gasteiger charge is -1.90. The van der Waals surface area contributed by atoms with Crippen molar-refractivity contribution in [1.82, 2.24) is 4.57 Å². The van der Waals surface area contributed by atoms with Crippen molar-refractivity contribution in [3.63, 3.8) is 0 Å². The fraction of sp³-hybridized carbons (Fsp3) is 0.231. The van der Waals surface area contributed by atoms with Gasteiger partial charge in [-0.2, -0.15) is 0 Å². The third-order valence-corrected chi connectivity index (χ3v) is 1.97. The van der Waals surface area contributed by atoms with Crippen LogP contribution in [-0.4, -0.2) is 4.57 Å². The zero-order valence-corrected chi connectivity index (χ0v) is 9.07. The van der Waals surface area contributed by atoms with Crippen LogP contribution in [-0.2, 0) is 7.05 Å². The first kappa shape index (κ1) is 10.6. The molecular weight excluding hydrogens is 170 g/mol. The Morgan fingerprint density at radius 2 is 1.14 bits per heavy atom. The predicted molar refractivity (Wildman–Crippen MR) is 61.3 cm³/mol. The molecule has 0 aliphatic rings. The fourth-order valence-electron chi connectivity index (χ4n) is 1.06. The average molecular weight is 187 g/mol. The zero-order valence-electron chi connectivity index (χ0n) is 9.07. The van der Waals surface area contributed by atoms with Crippen LogP contribution >= 0.6 is 0 Å². The van der Waals surface area contributed by atoms with Crippen LogP contribution in [0.25, 0.3) is 0 Å². The Labute approximate surface area is 86.0 Å². The van der Waals surface area contributed by atoms with E-state index in [1.165, 1.54) is 11.1 Å². The van der Waals surface area contributed by atoms with Crippen molar-refractivity contribution in [2.24, 2.45) is 7.05 Å². The van der Waals surface area contributed by atoms with E-state index in [2.05, 4.69) is 38.1 Å². The second kappa shape index (κ2) is 5.28. The molecule has 0 unspecified atom stereocenters. The monoisotopic (exact) mass is 187 g/mol. The summed E-state index contributed by atoms with van der Waals surface area (Å²) in [6.45, 7) is 4.19. The first-order chi connectivity index (χ1) is 6.68. The second-order valence-corrected chi connectivity index (χ2v) is 3.50. The van der Waals surface area contributed by atoms with Gasteiger partial charge in [-0.1, -0.05) is 35.4 Å². The Balaban J connectivity index is 0.000000146. The van der Waals surface area contributed by atoms with Crippen LogP contribution in [0, 0.1) is 13.8 Å². The molecule has 0 saturated heterocycles. The molecule has 0 aliphatic heterocycles. The van der Waals surface area contributed by atoms with Crippen LogP contribution in [0.4, 0.5) is 0 Å². The SMILES string of the molecule is Cc1ccc(C)cc1.Cn1cccc1. The standard InChI is InChI=1S/C8H10.C5H7N/c1-7-3-5-8(2)6-4-7;1-6-4-2-3-5-6/h3-6H,1-2H3;2-5H,1H3. The van der Waals surface area contributed by atoms with Crippen molar-refractivity contribution in [3.05, 3.63) is 59.9 Å². The molecule has 0 amide bonds. The average Bonchev–Trinajstić information content (AvgIpc) is 2.63. The molecule has 74 valence electrons. The van der Waals surface area contributed by atoms with Gasteiger partial charge in [0, 0.05) is 19.4 Å². The summed E-state index contributed by atoms with van der Waals surface area (Å²) in [6, 6.07) is 12.5. The van der Waals surface area contributed by atoms with Gasteiger partial charge < -0.3 is 4.57 Å². The quantitative estimate of drug-likeness (QED) is 0.596. The lowest BCUT2D eigenvalue weighted by Crippen LogP contribution is -1.75. The molecule has 0 saturated carbocycles. The Morgan fingerprint density at radius 1 is 0.786 bits per heavy atom. The van der Waals surface area contributed by atoms with Crippen molar-refractivity contribution in [2.45, 2.75) is 13.8 Å². The van der Waals surface area contributed by atoms with E-state index in [1.807, 2.05) is 36.1 Å². The highest BCUT2D eigenvalue weighted by atomic mass is 14.9. The molecule has 0 aliphatic carbocycles. The van der Waals surface area contributed by atoms with Gasteiger partial charge in [-0.05, 0) is 26.0 Å². The first-order valence-electron chi connectivity index (χ1n) is 4.78. The molecule has 1 heterocycles. The molecule has 1 heteroatoms. The number of hydrogen-bond acceptors (Lipinski definition) is 0. The highest BCUT2D eigenvalue weighted by Gasteiger charge is 1.79. The van der Waals surface area contributed by atoms with Crippen molar-refractivity contribution in [2.75, 3.05) is 0 Å². The summed E-state index contributed by atoms with van der Waals surface area (Å²) in [6.07, 6.45) is 4.00. The predicted octanol–water partition coefficient (Wildman–Crippen LogP) is 3.33. The highest BCUT2D eigenvalue weighted by molar-refractivity contribution is 5.19. The van der Waals surface area contributed by atoms with E-state index in [0.717, 1.165) is 0 Å². The van der Waals surface area contributed by atoms with Crippen molar-refractivity contribution >= 4 is 0 Å². The molecule has 0 N–H and O–H groups in total. The van der Waals surface area contributed by atoms with E-state index in [9.17, 15) is 0 Å². The Bertz CT molecular complexity index is 322. The van der Waals surface area contributed by atoms with E-state index in [0.29, 0.717) is 0 Å². The molecule has 1 aromatic carbocycles. The molecule has 0 fully saturated rings. The van der Waals surface area contributed by atoms with Crippen LogP contribution in [0.3, 0.4) is 0 Å². The van der Waals surface area contributed by atoms with Gasteiger partial charge in [0.15, 0.2) is 0 Å². The maximum atomic E-state index is 2.12. The van der Waals surface area contributed by atoms with E-state index < -0.39 is 0 Å². The molecule has 14 heavy (non-hydrogen) atoms. The number of aromatic nitrogens is 1. The largest absolute Gasteiger partial charge is 0.357 e. The maximum Gasteiger partial charge on any atom is 0.0106 e. The Morgan fingerprint density at radius 3 is 1.36 bits per heavy atom. The molecular formula is C13H17N. The lowest BCUT2D eigenvalue weighted by molar-refractivity contribution is 0.928. The Kier molecular flexibility index (Phi) is 3.99. The van der Waals surface area contributed by atoms with Gasteiger partial charge in [0.1, 0.15) is 0 Å². The van der Waals surface area contributed by atoms with E-state index >= 15 is 0 Å². The Hall–Kier alpha value is -1.50. The van der Waals surface area contributed by atoms with Gasteiger partial charge in [-0.25, -0.2) is 0 Å². The first-order valence-corrected chi connectivity index (χ1v) is 4.78. The number of aryl methyl sites for hydroxylation is 3. The van der Waals surface area contributed by atoms with E-state index in [1.54, 1.807) is 0 Å². The van der Waals surface area contributed by atoms with Gasteiger partial charge in [0.05, 0.1) is 0 Å². The van der Waals surface area contributed by atoms with Crippen molar-refractivity contribution in [1.29, 1.82) is 0 Å². The summed E-state index contributed by atoms with van der Waals surface area (Å²) >= 11 is 0. The molecule has 1 nitrogen and oxygen atoms in total. The highest BCUT2D eigenvalue weighted by Crippen LogP contribution is 1.99. The molecule has 1 aromatic heterocycles. The minimum absolute atomic E-state index is 1.33. The fourth-order valence-corrected chi connectivity index (χ4v) is 1.06. The summed E-state index contributed by atoms with van der Waals surface area (Å²) in [5.41, 5.74) is 2.66. The van der Waals surface area contributed by atoms with E-state index in [-0.39, 0.29) is 0 Å². The third-order valence-electron chi connectivity index (χ3n) is 1.97. The third kappa shape index (κ3) is 3.94. The number of benzene rings is 1. The minimum atomic E-state index is 1.33. The number of hydrogen-bond donors (Lipinski definition) is 0. The van der Waals surface area contributed by atoms with Gasteiger partial charge in [-0.15, -0.1) is 0 Å². The number of nitrogens with zero attached hydrogens (tertiary/aromatic N) is 1. The topological polar surface area (TPSA) is 4.93 Å². The summed E-state index contributed by atoms with van der Waals surface area (Å²) in [5.74, 6) is 0. The van der Waals surface area contributed by atoms with Gasteiger partial charge in [0.25, 0.3) is 0 Å². The summed E-state index contributed by atoms with van der Waals surface area (Å²) in [7, 11) is 2.00. The molecule has 2 aromatic rings. The molecule has 0 atom stereocenters. The molecule has 0 bridgehead atoms. The van der Waals surface area contributed by atoms with Gasteiger partial charge in [-0.3, -0.25) is 0 Å². The molecule has 0 radical (unpaired) electrons.